The lowest BCUT2D eigenvalue weighted by atomic mass is 10.1. The first kappa shape index (κ1) is 16.4. The third-order valence-electron chi connectivity index (χ3n) is 4.47. The summed E-state index contributed by atoms with van der Waals surface area (Å²) < 4.78 is 5.36. The SMILES string of the molecule is O=C(CNCC1CC1)Nc1ccc(CCN2CCOCC2)cc1. The number of rotatable bonds is 8. The van der Waals surface area contributed by atoms with Gasteiger partial charge in [-0.2, -0.15) is 0 Å². The van der Waals surface area contributed by atoms with Crippen LogP contribution in [-0.2, 0) is 16.0 Å². The van der Waals surface area contributed by atoms with Crippen molar-refractivity contribution in [3.05, 3.63) is 29.8 Å². The van der Waals surface area contributed by atoms with E-state index < -0.39 is 0 Å². The van der Waals surface area contributed by atoms with E-state index in [4.69, 9.17) is 4.74 Å². The van der Waals surface area contributed by atoms with Gasteiger partial charge in [-0.3, -0.25) is 9.69 Å². The van der Waals surface area contributed by atoms with Crippen LogP contribution in [-0.4, -0.2) is 56.7 Å². The standard InChI is InChI=1S/C18H27N3O2/c22-18(14-19-13-16-1-2-16)20-17-5-3-15(4-6-17)7-8-21-9-11-23-12-10-21/h3-6,16,19H,1-2,7-14H2,(H,20,22). The highest BCUT2D eigenvalue weighted by molar-refractivity contribution is 5.92. The van der Waals surface area contributed by atoms with Gasteiger partial charge in [-0.25, -0.2) is 0 Å². The van der Waals surface area contributed by atoms with E-state index in [0.29, 0.717) is 6.54 Å². The number of amides is 1. The second-order valence-electron chi connectivity index (χ2n) is 6.52. The highest BCUT2D eigenvalue weighted by Gasteiger charge is 2.20. The largest absolute Gasteiger partial charge is 0.379 e. The Bertz CT molecular complexity index is 493. The van der Waals surface area contributed by atoms with Crippen LogP contribution in [0.25, 0.3) is 0 Å². The average Bonchev–Trinajstić information content (AvgIpc) is 3.39. The van der Waals surface area contributed by atoms with Gasteiger partial charge in [0.25, 0.3) is 0 Å². The van der Waals surface area contributed by atoms with Crippen LogP contribution in [0.5, 0.6) is 0 Å². The second kappa shape index (κ2) is 8.43. The second-order valence-corrected chi connectivity index (χ2v) is 6.52. The maximum atomic E-state index is 11.8. The van der Waals surface area contributed by atoms with Crippen LogP contribution in [0.1, 0.15) is 18.4 Å². The minimum atomic E-state index is 0.0340. The molecule has 1 aliphatic carbocycles. The molecule has 1 saturated heterocycles. The zero-order valence-electron chi connectivity index (χ0n) is 13.7. The predicted octanol–water partition coefficient (Wildman–Crippen LogP) is 1.50. The van der Waals surface area contributed by atoms with Gasteiger partial charge in [0.1, 0.15) is 0 Å². The topological polar surface area (TPSA) is 53.6 Å². The van der Waals surface area contributed by atoms with E-state index in [9.17, 15) is 4.79 Å². The van der Waals surface area contributed by atoms with Crippen LogP contribution in [0, 0.1) is 5.92 Å². The average molecular weight is 317 g/mol. The molecule has 1 aromatic rings. The van der Waals surface area contributed by atoms with E-state index in [2.05, 4.69) is 27.7 Å². The van der Waals surface area contributed by atoms with Crippen LogP contribution in [0.3, 0.4) is 0 Å². The van der Waals surface area contributed by atoms with Gasteiger partial charge in [-0.15, -0.1) is 0 Å². The molecule has 0 bridgehead atoms. The lowest BCUT2D eigenvalue weighted by molar-refractivity contribution is -0.115. The van der Waals surface area contributed by atoms with Crippen molar-refractivity contribution in [3.63, 3.8) is 0 Å². The number of hydrogen-bond acceptors (Lipinski definition) is 4. The van der Waals surface area contributed by atoms with Gasteiger partial charge in [0.05, 0.1) is 19.8 Å². The van der Waals surface area contributed by atoms with E-state index >= 15 is 0 Å². The van der Waals surface area contributed by atoms with E-state index in [0.717, 1.165) is 57.4 Å². The summed E-state index contributed by atoms with van der Waals surface area (Å²) in [6, 6.07) is 8.20. The molecule has 2 fully saturated rings. The minimum absolute atomic E-state index is 0.0340. The summed E-state index contributed by atoms with van der Waals surface area (Å²) in [4.78, 5) is 14.3. The van der Waals surface area contributed by atoms with Crippen LogP contribution >= 0.6 is 0 Å². The van der Waals surface area contributed by atoms with Crippen molar-refractivity contribution in [3.8, 4) is 0 Å². The maximum Gasteiger partial charge on any atom is 0.238 e. The van der Waals surface area contributed by atoms with Crippen molar-refractivity contribution in [2.75, 3.05) is 51.3 Å². The Hall–Kier alpha value is -1.43. The molecule has 2 aliphatic rings. The summed E-state index contributed by atoms with van der Waals surface area (Å²) in [5.41, 5.74) is 2.18. The van der Waals surface area contributed by atoms with E-state index in [1.54, 1.807) is 0 Å². The maximum absolute atomic E-state index is 11.8. The molecule has 0 atom stereocenters. The molecule has 1 heterocycles. The van der Waals surface area contributed by atoms with Crippen LogP contribution in [0.15, 0.2) is 24.3 Å². The fourth-order valence-electron chi connectivity index (χ4n) is 2.78. The zero-order valence-corrected chi connectivity index (χ0v) is 13.7. The molecule has 3 rings (SSSR count). The normalized spacial score (nSPS) is 18.8. The van der Waals surface area contributed by atoms with Gasteiger partial charge in [0.15, 0.2) is 0 Å². The number of carbonyl (C=O) groups is 1. The first-order valence-electron chi connectivity index (χ1n) is 8.69. The Kier molecular flexibility index (Phi) is 6.02. The monoisotopic (exact) mass is 317 g/mol. The Morgan fingerprint density at radius 3 is 2.61 bits per heavy atom. The van der Waals surface area contributed by atoms with Crippen molar-refractivity contribution in [2.24, 2.45) is 5.92 Å². The van der Waals surface area contributed by atoms with Gasteiger partial charge in [-0.05, 0) is 49.4 Å². The van der Waals surface area contributed by atoms with Gasteiger partial charge in [0, 0.05) is 25.3 Å². The molecule has 1 amide bonds. The number of ether oxygens (including phenoxy) is 1. The lowest BCUT2D eigenvalue weighted by Crippen LogP contribution is -2.37. The Morgan fingerprint density at radius 1 is 1.17 bits per heavy atom. The predicted molar refractivity (Wildman–Crippen MR) is 91.6 cm³/mol. The van der Waals surface area contributed by atoms with Crippen molar-refractivity contribution >= 4 is 11.6 Å². The molecule has 1 saturated carbocycles. The fraction of sp³-hybridized carbons (Fsp3) is 0.611. The van der Waals surface area contributed by atoms with Crippen molar-refractivity contribution in [2.45, 2.75) is 19.3 Å². The third kappa shape index (κ3) is 5.94. The summed E-state index contributed by atoms with van der Waals surface area (Å²) in [6.07, 6.45) is 3.65. The minimum Gasteiger partial charge on any atom is -0.379 e. The number of nitrogens with one attached hydrogen (secondary N) is 2. The number of nitrogens with zero attached hydrogens (tertiary/aromatic N) is 1. The highest BCUT2D eigenvalue weighted by atomic mass is 16.5. The Labute approximate surface area is 138 Å². The summed E-state index contributed by atoms with van der Waals surface area (Å²) >= 11 is 0. The van der Waals surface area contributed by atoms with Crippen LogP contribution in [0.2, 0.25) is 0 Å². The molecular formula is C18H27N3O2. The summed E-state index contributed by atoms with van der Waals surface area (Å²) in [5.74, 6) is 0.834. The van der Waals surface area contributed by atoms with Crippen molar-refractivity contribution < 1.29 is 9.53 Å². The molecule has 1 aliphatic heterocycles. The molecule has 5 nitrogen and oxygen atoms in total. The van der Waals surface area contributed by atoms with Gasteiger partial charge < -0.3 is 15.4 Å². The highest BCUT2D eigenvalue weighted by Crippen LogP contribution is 2.27. The first-order chi connectivity index (χ1) is 11.3. The Balaban J connectivity index is 1.36. The third-order valence-corrected chi connectivity index (χ3v) is 4.47. The number of benzene rings is 1. The van der Waals surface area contributed by atoms with Crippen molar-refractivity contribution in [1.29, 1.82) is 0 Å². The summed E-state index contributed by atoms with van der Waals surface area (Å²) in [6.45, 7) is 6.19. The molecule has 5 heteroatoms. The molecule has 0 unspecified atom stereocenters. The molecule has 0 radical (unpaired) electrons. The van der Waals surface area contributed by atoms with Gasteiger partial charge in [0.2, 0.25) is 5.91 Å². The summed E-state index contributed by atoms with van der Waals surface area (Å²) in [7, 11) is 0. The fourth-order valence-corrected chi connectivity index (χ4v) is 2.78. The molecule has 2 N–H and O–H groups in total. The van der Waals surface area contributed by atoms with Crippen LogP contribution < -0.4 is 10.6 Å². The molecule has 0 spiro atoms. The van der Waals surface area contributed by atoms with Gasteiger partial charge in [-0.1, -0.05) is 12.1 Å². The summed E-state index contributed by atoms with van der Waals surface area (Å²) in [5, 5.41) is 6.15. The molecule has 23 heavy (non-hydrogen) atoms. The number of hydrogen-bond donors (Lipinski definition) is 2. The van der Waals surface area contributed by atoms with E-state index in [1.807, 2.05) is 12.1 Å². The Morgan fingerprint density at radius 2 is 1.91 bits per heavy atom. The molecule has 0 aromatic heterocycles. The van der Waals surface area contributed by atoms with Gasteiger partial charge >= 0.3 is 0 Å². The van der Waals surface area contributed by atoms with E-state index in [1.165, 1.54) is 18.4 Å². The van der Waals surface area contributed by atoms with E-state index in [-0.39, 0.29) is 5.91 Å². The molecular weight excluding hydrogens is 290 g/mol. The quantitative estimate of drug-likeness (QED) is 0.763. The first-order valence-corrected chi connectivity index (χ1v) is 8.69. The molecule has 126 valence electrons. The van der Waals surface area contributed by atoms with Crippen LogP contribution in [0.4, 0.5) is 5.69 Å². The number of anilines is 1. The number of morpholine rings is 1. The smallest absolute Gasteiger partial charge is 0.238 e. The zero-order chi connectivity index (χ0) is 15.9. The lowest BCUT2D eigenvalue weighted by Gasteiger charge is -2.26. The molecule has 1 aromatic carbocycles. The number of carbonyl (C=O) groups excluding carboxylic acids is 1. The van der Waals surface area contributed by atoms with Crippen molar-refractivity contribution in [1.82, 2.24) is 10.2 Å².